The van der Waals surface area contributed by atoms with Crippen molar-refractivity contribution in [3.05, 3.63) is 12.3 Å². The Bertz CT molecular complexity index is 269. The number of carbonyl (C=O) groups is 1. The maximum absolute atomic E-state index is 11.5. The molecule has 0 radical (unpaired) electrons. The summed E-state index contributed by atoms with van der Waals surface area (Å²) in [5.41, 5.74) is 3.12. The summed E-state index contributed by atoms with van der Waals surface area (Å²) in [7, 11) is 1.40. The van der Waals surface area contributed by atoms with Crippen molar-refractivity contribution in [2.75, 3.05) is 13.7 Å². The predicted molar refractivity (Wildman–Crippen MR) is 50.8 cm³/mol. The van der Waals surface area contributed by atoms with Gasteiger partial charge in [0.15, 0.2) is 0 Å². The second-order valence-electron chi connectivity index (χ2n) is 3.29. The number of hydrogen-bond donors (Lipinski definition) is 1. The van der Waals surface area contributed by atoms with E-state index in [4.69, 9.17) is 4.74 Å². The molecule has 0 amide bonds. The van der Waals surface area contributed by atoms with Gasteiger partial charge in [-0.2, -0.15) is 0 Å². The Morgan fingerprint density at radius 1 is 1.85 bits per heavy atom. The van der Waals surface area contributed by atoms with E-state index in [1.807, 2.05) is 6.20 Å². The van der Waals surface area contributed by atoms with Crippen molar-refractivity contribution in [3.8, 4) is 0 Å². The van der Waals surface area contributed by atoms with Crippen LogP contribution in [-0.4, -0.2) is 29.1 Å². The zero-order chi connectivity index (χ0) is 9.47. The second kappa shape index (κ2) is 2.99. The topological polar surface area (TPSA) is 41.6 Å². The number of rotatable bonds is 1. The third-order valence-corrected chi connectivity index (χ3v) is 3.47. The smallest absolute Gasteiger partial charge is 0.344 e. The number of esters is 1. The van der Waals surface area contributed by atoms with Crippen LogP contribution in [0.4, 0.5) is 0 Å². The van der Waals surface area contributed by atoms with Crippen molar-refractivity contribution in [2.24, 2.45) is 5.92 Å². The number of methoxy groups -OCH3 is 1. The van der Waals surface area contributed by atoms with E-state index in [1.54, 1.807) is 5.01 Å². The normalized spacial score (nSPS) is 36.5. The number of carbonyl (C=O) groups excluding carboxylic acids is 1. The molecule has 0 aromatic rings. The molecule has 2 unspecified atom stereocenters. The van der Waals surface area contributed by atoms with Crippen molar-refractivity contribution in [1.29, 1.82) is 0 Å². The van der Waals surface area contributed by atoms with Crippen LogP contribution in [0.3, 0.4) is 0 Å². The van der Waals surface area contributed by atoms with Crippen LogP contribution in [0.5, 0.6) is 0 Å². The summed E-state index contributed by atoms with van der Waals surface area (Å²) < 4.78 is 4.04. The standard InChI is InChI=1S/C8H11BrN2O2/c1-13-7(12)8(9)4-6-2-3-11(8)10-5-6/h2-3,6,10H,4-5H2,1H3. The third kappa shape index (κ3) is 1.26. The first-order chi connectivity index (χ1) is 6.16. The largest absolute Gasteiger partial charge is 0.467 e. The lowest BCUT2D eigenvalue weighted by Crippen LogP contribution is -2.62. The van der Waals surface area contributed by atoms with Crippen molar-refractivity contribution in [2.45, 2.75) is 10.9 Å². The average molecular weight is 247 g/mol. The van der Waals surface area contributed by atoms with E-state index in [2.05, 4.69) is 27.4 Å². The van der Waals surface area contributed by atoms with Gasteiger partial charge >= 0.3 is 5.97 Å². The van der Waals surface area contributed by atoms with Gasteiger partial charge in [-0.05, 0) is 21.8 Å². The van der Waals surface area contributed by atoms with Gasteiger partial charge in [0.25, 0.3) is 0 Å². The lowest BCUT2D eigenvalue weighted by Gasteiger charge is -2.46. The minimum Gasteiger partial charge on any atom is -0.467 e. The average Bonchev–Trinajstić information content (AvgIpc) is 2.18. The molecular formula is C8H11BrN2O2. The van der Waals surface area contributed by atoms with Crippen LogP contribution >= 0.6 is 15.9 Å². The summed E-state index contributed by atoms with van der Waals surface area (Å²) in [4.78, 5) is 11.5. The van der Waals surface area contributed by atoms with E-state index < -0.39 is 4.45 Å². The number of fused-ring (bicyclic) bond motifs is 2. The fraction of sp³-hybridized carbons (Fsp3) is 0.625. The van der Waals surface area contributed by atoms with Gasteiger partial charge in [-0.15, -0.1) is 0 Å². The van der Waals surface area contributed by atoms with Crippen LogP contribution in [0.1, 0.15) is 6.42 Å². The van der Waals surface area contributed by atoms with Crippen molar-refractivity contribution >= 4 is 21.9 Å². The van der Waals surface area contributed by atoms with Gasteiger partial charge in [0.1, 0.15) is 0 Å². The summed E-state index contributed by atoms with van der Waals surface area (Å²) in [6.07, 6.45) is 4.73. The molecule has 3 heterocycles. The molecule has 1 fully saturated rings. The van der Waals surface area contributed by atoms with E-state index in [0.717, 1.165) is 13.0 Å². The molecule has 1 N–H and O–H groups in total. The highest BCUT2D eigenvalue weighted by atomic mass is 79.9. The molecule has 0 spiro atoms. The first-order valence-electron chi connectivity index (χ1n) is 4.15. The minimum absolute atomic E-state index is 0.256. The SMILES string of the molecule is COC(=O)C1(Br)CC2C=CN1NC2. The molecule has 1 saturated heterocycles. The van der Waals surface area contributed by atoms with Crippen LogP contribution in [-0.2, 0) is 9.53 Å². The highest BCUT2D eigenvalue weighted by Crippen LogP contribution is 2.38. The summed E-state index contributed by atoms with van der Waals surface area (Å²) in [6.45, 7) is 0.890. The molecular weight excluding hydrogens is 236 g/mol. The molecule has 0 saturated carbocycles. The number of ether oxygens (including phenoxy) is 1. The number of alkyl halides is 1. The van der Waals surface area contributed by atoms with Gasteiger partial charge in [-0.3, -0.25) is 5.01 Å². The highest BCUT2D eigenvalue weighted by Gasteiger charge is 2.48. The van der Waals surface area contributed by atoms with Crippen molar-refractivity contribution in [3.63, 3.8) is 0 Å². The maximum Gasteiger partial charge on any atom is 0.344 e. The molecule has 3 aliphatic rings. The number of halogens is 1. The molecule has 0 aliphatic carbocycles. The van der Waals surface area contributed by atoms with E-state index in [9.17, 15) is 4.79 Å². The van der Waals surface area contributed by atoms with Crippen LogP contribution in [0.2, 0.25) is 0 Å². The summed E-state index contributed by atoms with van der Waals surface area (Å²) in [6, 6.07) is 0. The molecule has 2 bridgehead atoms. The molecule has 3 rings (SSSR count). The lowest BCUT2D eigenvalue weighted by molar-refractivity contribution is -0.151. The van der Waals surface area contributed by atoms with Gasteiger partial charge in [-0.25, -0.2) is 10.2 Å². The molecule has 5 heteroatoms. The van der Waals surface area contributed by atoms with Crippen LogP contribution in [0.15, 0.2) is 12.3 Å². The Hall–Kier alpha value is -0.550. The quantitative estimate of drug-likeness (QED) is 0.418. The Labute approximate surface area is 85.0 Å². The van der Waals surface area contributed by atoms with Gasteiger partial charge < -0.3 is 4.74 Å². The monoisotopic (exact) mass is 246 g/mol. The van der Waals surface area contributed by atoms with Crippen molar-refractivity contribution in [1.82, 2.24) is 10.4 Å². The van der Waals surface area contributed by atoms with E-state index in [0.29, 0.717) is 5.92 Å². The third-order valence-electron chi connectivity index (χ3n) is 2.44. The highest BCUT2D eigenvalue weighted by molar-refractivity contribution is 9.10. The molecule has 13 heavy (non-hydrogen) atoms. The second-order valence-corrected chi connectivity index (χ2v) is 4.60. The number of hydrazine groups is 1. The van der Waals surface area contributed by atoms with Gasteiger partial charge in [0, 0.05) is 19.2 Å². The van der Waals surface area contributed by atoms with E-state index in [1.165, 1.54) is 7.11 Å². The number of nitrogens with zero attached hydrogens (tertiary/aromatic N) is 1. The zero-order valence-corrected chi connectivity index (χ0v) is 8.87. The number of nitrogens with one attached hydrogen (secondary N) is 1. The number of hydrogen-bond acceptors (Lipinski definition) is 4. The molecule has 4 nitrogen and oxygen atoms in total. The van der Waals surface area contributed by atoms with Gasteiger partial charge in [-0.1, -0.05) is 6.08 Å². The van der Waals surface area contributed by atoms with Crippen LogP contribution in [0.25, 0.3) is 0 Å². The Morgan fingerprint density at radius 2 is 2.62 bits per heavy atom. The molecule has 72 valence electrons. The Kier molecular flexibility index (Phi) is 2.08. The summed E-state index contributed by atoms with van der Waals surface area (Å²) >= 11 is 3.42. The zero-order valence-electron chi connectivity index (χ0n) is 7.29. The Balaban J connectivity index is 2.25. The molecule has 0 aromatic heterocycles. The molecule has 3 aliphatic heterocycles. The fourth-order valence-corrected chi connectivity index (χ4v) is 2.53. The summed E-state index contributed by atoms with van der Waals surface area (Å²) in [5.74, 6) is 0.150. The summed E-state index contributed by atoms with van der Waals surface area (Å²) in [5, 5.41) is 1.76. The van der Waals surface area contributed by atoms with Crippen LogP contribution in [0, 0.1) is 5.92 Å². The molecule has 0 aromatic carbocycles. The minimum atomic E-state index is -0.709. The predicted octanol–water partition coefficient (Wildman–Crippen LogP) is 0.604. The maximum atomic E-state index is 11.5. The first-order valence-corrected chi connectivity index (χ1v) is 4.94. The first kappa shape index (κ1) is 9.02. The Morgan fingerprint density at radius 3 is 3.00 bits per heavy atom. The van der Waals surface area contributed by atoms with E-state index >= 15 is 0 Å². The van der Waals surface area contributed by atoms with E-state index in [-0.39, 0.29) is 5.97 Å². The molecule has 2 atom stereocenters. The lowest BCUT2D eigenvalue weighted by atomic mass is 9.94. The van der Waals surface area contributed by atoms with Gasteiger partial charge in [0.05, 0.1) is 7.11 Å². The van der Waals surface area contributed by atoms with Crippen LogP contribution < -0.4 is 5.43 Å². The fourth-order valence-electron chi connectivity index (χ4n) is 1.71. The van der Waals surface area contributed by atoms with Crippen molar-refractivity contribution < 1.29 is 9.53 Å². The van der Waals surface area contributed by atoms with Gasteiger partial charge in [0.2, 0.25) is 4.45 Å².